The molecule has 4 rings (SSSR count). The van der Waals surface area contributed by atoms with E-state index in [4.69, 9.17) is 23.2 Å². The highest BCUT2D eigenvalue weighted by Crippen LogP contribution is 2.46. The quantitative estimate of drug-likeness (QED) is 0.852. The van der Waals surface area contributed by atoms with Crippen LogP contribution in [0.5, 0.6) is 5.75 Å². The SMILES string of the molecule is O=C1C[C@H](c2cc[nH]n2)C[C@@H]2C[C@H](c3c(O)ccc(Cl)c3Cl)CN12. The Labute approximate surface area is 149 Å². The third kappa shape index (κ3) is 2.56. The number of fused-ring (bicyclic) bond motifs is 1. The van der Waals surface area contributed by atoms with Crippen LogP contribution >= 0.6 is 23.2 Å². The van der Waals surface area contributed by atoms with E-state index in [0.717, 1.165) is 18.5 Å². The van der Waals surface area contributed by atoms with E-state index in [0.29, 0.717) is 28.6 Å². The molecule has 7 heteroatoms. The normalized spacial score (nSPS) is 26.7. The average molecular weight is 366 g/mol. The number of aromatic hydroxyl groups is 1. The number of hydrogen-bond donors (Lipinski definition) is 2. The molecule has 0 unspecified atom stereocenters. The van der Waals surface area contributed by atoms with Crippen molar-refractivity contribution < 1.29 is 9.90 Å². The molecule has 1 amide bonds. The first-order valence-corrected chi connectivity index (χ1v) is 8.76. The molecule has 3 heterocycles. The minimum atomic E-state index is 0.00286. The second kappa shape index (κ2) is 5.97. The Kier molecular flexibility index (Phi) is 3.93. The maximum atomic E-state index is 12.6. The van der Waals surface area contributed by atoms with Gasteiger partial charge in [0, 0.05) is 42.6 Å². The summed E-state index contributed by atoms with van der Waals surface area (Å²) in [5, 5.41) is 18.1. The topological polar surface area (TPSA) is 69.2 Å². The zero-order valence-corrected chi connectivity index (χ0v) is 14.4. The number of carbonyl (C=O) groups excluding carboxylic acids is 1. The highest BCUT2D eigenvalue weighted by Gasteiger charge is 2.43. The van der Waals surface area contributed by atoms with Crippen molar-refractivity contribution in [3.8, 4) is 5.75 Å². The van der Waals surface area contributed by atoms with Crippen molar-refractivity contribution in [3.05, 3.63) is 45.7 Å². The molecular formula is C17H17Cl2N3O2. The summed E-state index contributed by atoms with van der Waals surface area (Å²) < 4.78 is 0. The number of benzene rings is 1. The highest BCUT2D eigenvalue weighted by molar-refractivity contribution is 6.42. The first kappa shape index (κ1) is 15.8. The lowest BCUT2D eigenvalue weighted by atomic mass is 9.86. The zero-order chi connectivity index (χ0) is 16.8. The fraction of sp³-hybridized carbons (Fsp3) is 0.412. The number of aromatic nitrogens is 2. The van der Waals surface area contributed by atoms with Gasteiger partial charge in [-0.05, 0) is 31.0 Å². The number of rotatable bonds is 2. The number of halogens is 2. The number of carbonyl (C=O) groups is 1. The maximum Gasteiger partial charge on any atom is 0.223 e. The van der Waals surface area contributed by atoms with Gasteiger partial charge in [-0.3, -0.25) is 9.89 Å². The third-order valence-corrected chi connectivity index (χ3v) is 5.99. The molecule has 126 valence electrons. The Morgan fingerprint density at radius 2 is 2.00 bits per heavy atom. The van der Waals surface area contributed by atoms with Crippen molar-refractivity contribution in [2.45, 2.75) is 37.1 Å². The molecule has 2 saturated heterocycles. The number of phenols is 1. The van der Waals surface area contributed by atoms with Crippen LogP contribution in [0.4, 0.5) is 0 Å². The van der Waals surface area contributed by atoms with Gasteiger partial charge in [-0.25, -0.2) is 0 Å². The van der Waals surface area contributed by atoms with Gasteiger partial charge in [-0.15, -0.1) is 0 Å². The molecule has 0 bridgehead atoms. The lowest BCUT2D eigenvalue weighted by Crippen LogP contribution is -2.41. The van der Waals surface area contributed by atoms with Crippen LogP contribution in [0.1, 0.15) is 42.4 Å². The third-order valence-electron chi connectivity index (χ3n) is 5.17. The van der Waals surface area contributed by atoms with Crippen LogP contribution in [0.15, 0.2) is 24.4 Å². The molecule has 1 aromatic heterocycles. The largest absolute Gasteiger partial charge is 0.508 e. The van der Waals surface area contributed by atoms with Gasteiger partial charge in [-0.2, -0.15) is 5.10 Å². The highest BCUT2D eigenvalue weighted by atomic mass is 35.5. The van der Waals surface area contributed by atoms with E-state index >= 15 is 0 Å². The fourth-order valence-corrected chi connectivity index (χ4v) is 4.54. The molecule has 1 aromatic carbocycles. The summed E-state index contributed by atoms with van der Waals surface area (Å²) in [6, 6.07) is 5.23. The summed E-state index contributed by atoms with van der Waals surface area (Å²) in [5.74, 6) is 0.431. The van der Waals surface area contributed by atoms with E-state index in [2.05, 4.69) is 10.2 Å². The van der Waals surface area contributed by atoms with Gasteiger partial charge in [0.25, 0.3) is 0 Å². The zero-order valence-electron chi connectivity index (χ0n) is 12.9. The molecule has 2 aliphatic heterocycles. The van der Waals surface area contributed by atoms with Gasteiger partial charge < -0.3 is 10.0 Å². The van der Waals surface area contributed by atoms with E-state index < -0.39 is 0 Å². The Morgan fingerprint density at radius 1 is 1.21 bits per heavy atom. The molecule has 24 heavy (non-hydrogen) atoms. The van der Waals surface area contributed by atoms with Gasteiger partial charge in [0.1, 0.15) is 5.75 Å². The molecule has 3 atom stereocenters. The summed E-state index contributed by atoms with van der Waals surface area (Å²) in [7, 11) is 0. The Morgan fingerprint density at radius 3 is 2.75 bits per heavy atom. The van der Waals surface area contributed by atoms with Gasteiger partial charge in [-0.1, -0.05) is 23.2 Å². The summed E-state index contributed by atoms with van der Waals surface area (Å²) >= 11 is 12.4. The van der Waals surface area contributed by atoms with Crippen molar-refractivity contribution >= 4 is 29.1 Å². The van der Waals surface area contributed by atoms with E-state index in [1.807, 2.05) is 11.0 Å². The summed E-state index contributed by atoms with van der Waals surface area (Å²) in [6.07, 6.45) is 3.92. The molecule has 2 aromatic rings. The van der Waals surface area contributed by atoms with Crippen LogP contribution in [-0.2, 0) is 4.79 Å². The van der Waals surface area contributed by atoms with Crippen molar-refractivity contribution in [1.82, 2.24) is 15.1 Å². The van der Waals surface area contributed by atoms with Crippen molar-refractivity contribution in [3.63, 3.8) is 0 Å². The number of aromatic amines is 1. The number of hydrogen-bond acceptors (Lipinski definition) is 3. The van der Waals surface area contributed by atoms with E-state index in [1.165, 1.54) is 0 Å². The van der Waals surface area contributed by atoms with Gasteiger partial charge >= 0.3 is 0 Å². The molecule has 0 aliphatic carbocycles. The maximum absolute atomic E-state index is 12.6. The Hall–Kier alpha value is -1.72. The van der Waals surface area contributed by atoms with Crippen LogP contribution in [0.25, 0.3) is 0 Å². The van der Waals surface area contributed by atoms with E-state index in [9.17, 15) is 9.90 Å². The summed E-state index contributed by atoms with van der Waals surface area (Å²) in [4.78, 5) is 14.5. The van der Waals surface area contributed by atoms with Gasteiger partial charge in [0.2, 0.25) is 5.91 Å². The van der Waals surface area contributed by atoms with Crippen LogP contribution in [0.2, 0.25) is 10.0 Å². The predicted molar refractivity (Wildman–Crippen MR) is 91.5 cm³/mol. The second-order valence-electron chi connectivity index (χ2n) is 6.56. The standard InChI is InChI=1S/C17H17Cl2N3O2/c18-12-1-2-14(23)16(17(12)19)10-6-11-5-9(13-3-4-20-21-13)7-15(24)22(11)8-10/h1-4,9-11,23H,5-8H2,(H,20,21)/t9-,10+,11-/m1/s1. The fourth-order valence-electron chi connectivity index (χ4n) is 4.06. The number of amides is 1. The van der Waals surface area contributed by atoms with Gasteiger partial charge in [0.15, 0.2) is 0 Å². The number of nitrogens with zero attached hydrogens (tertiary/aromatic N) is 2. The average Bonchev–Trinajstić information content (AvgIpc) is 3.20. The summed E-state index contributed by atoms with van der Waals surface area (Å²) in [5.41, 5.74) is 1.60. The van der Waals surface area contributed by atoms with E-state index in [1.54, 1.807) is 18.3 Å². The molecule has 2 N–H and O–H groups in total. The Balaban J connectivity index is 1.60. The number of phenolic OH excluding ortho intramolecular Hbond substituents is 1. The monoisotopic (exact) mass is 365 g/mol. The second-order valence-corrected chi connectivity index (χ2v) is 7.35. The molecule has 2 fully saturated rings. The predicted octanol–water partition coefficient (Wildman–Crippen LogP) is 3.68. The van der Waals surface area contributed by atoms with Crippen molar-refractivity contribution in [2.24, 2.45) is 0 Å². The van der Waals surface area contributed by atoms with Crippen LogP contribution < -0.4 is 0 Å². The van der Waals surface area contributed by atoms with Crippen molar-refractivity contribution in [2.75, 3.05) is 6.54 Å². The smallest absolute Gasteiger partial charge is 0.223 e. The lowest BCUT2D eigenvalue weighted by Gasteiger charge is -2.33. The minimum absolute atomic E-state index is 0.00286. The first-order valence-electron chi connectivity index (χ1n) is 8.00. The molecule has 0 radical (unpaired) electrons. The van der Waals surface area contributed by atoms with Crippen molar-refractivity contribution in [1.29, 1.82) is 0 Å². The molecular weight excluding hydrogens is 349 g/mol. The number of piperidine rings is 1. The summed E-state index contributed by atoms with van der Waals surface area (Å²) in [6.45, 7) is 0.574. The minimum Gasteiger partial charge on any atom is -0.508 e. The number of H-pyrrole nitrogens is 1. The first-order chi connectivity index (χ1) is 11.5. The molecule has 0 saturated carbocycles. The van der Waals surface area contributed by atoms with Crippen LogP contribution in [0, 0.1) is 0 Å². The molecule has 5 nitrogen and oxygen atoms in total. The Bertz CT molecular complexity index is 778. The number of nitrogens with one attached hydrogen (secondary N) is 1. The van der Waals surface area contributed by atoms with E-state index in [-0.39, 0.29) is 29.5 Å². The van der Waals surface area contributed by atoms with Gasteiger partial charge in [0.05, 0.1) is 15.7 Å². The molecule has 0 spiro atoms. The van der Waals surface area contributed by atoms with Crippen LogP contribution in [0.3, 0.4) is 0 Å². The molecule has 2 aliphatic rings. The lowest BCUT2D eigenvalue weighted by molar-refractivity contribution is -0.135. The van der Waals surface area contributed by atoms with Crippen LogP contribution in [-0.4, -0.2) is 38.7 Å².